The van der Waals surface area contributed by atoms with Crippen LogP contribution in [0.15, 0.2) is 23.4 Å². The van der Waals surface area contributed by atoms with Gasteiger partial charge in [-0.15, -0.1) is 0 Å². The summed E-state index contributed by atoms with van der Waals surface area (Å²) in [6.45, 7) is 8.62. The molecule has 1 N–H and O–H groups in total. The second kappa shape index (κ2) is 7.72. The van der Waals surface area contributed by atoms with Gasteiger partial charge in [0.05, 0.1) is 16.6 Å². The van der Waals surface area contributed by atoms with Crippen molar-refractivity contribution in [3.8, 4) is 0 Å². The number of nitrogens with zero attached hydrogens (tertiary/aromatic N) is 2. The Morgan fingerprint density at radius 1 is 1.36 bits per heavy atom. The number of anilines is 1. The molecule has 0 saturated carbocycles. The Hall–Kier alpha value is -1.63. The Morgan fingerprint density at radius 2 is 2.08 bits per heavy atom. The summed E-state index contributed by atoms with van der Waals surface area (Å²) < 4.78 is 24.0. The van der Waals surface area contributed by atoms with Crippen molar-refractivity contribution in [3.05, 3.63) is 18.3 Å². The Balaban J connectivity index is 2.08. The molecule has 6 nitrogen and oxygen atoms in total. The maximum absolute atomic E-state index is 12.5. The highest BCUT2D eigenvalue weighted by atomic mass is 32.2. The first-order valence-corrected chi connectivity index (χ1v) is 10.4. The van der Waals surface area contributed by atoms with Crippen LogP contribution in [0.1, 0.15) is 53.4 Å². The zero-order chi connectivity index (χ0) is 18.7. The van der Waals surface area contributed by atoms with Crippen LogP contribution in [-0.4, -0.2) is 43.2 Å². The Morgan fingerprint density at radius 3 is 2.64 bits per heavy atom. The van der Waals surface area contributed by atoms with Gasteiger partial charge < -0.3 is 10.2 Å². The highest BCUT2D eigenvalue weighted by Gasteiger charge is 2.32. The molecular formula is C18H29N3O3S. The average Bonchev–Trinajstić information content (AvgIpc) is 2.54. The van der Waals surface area contributed by atoms with E-state index in [0.29, 0.717) is 6.42 Å². The third-order valence-electron chi connectivity index (χ3n) is 4.43. The fourth-order valence-electron chi connectivity index (χ4n) is 2.89. The first kappa shape index (κ1) is 19.7. The minimum absolute atomic E-state index is 0.0964. The van der Waals surface area contributed by atoms with Gasteiger partial charge in [-0.1, -0.05) is 6.92 Å². The van der Waals surface area contributed by atoms with E-state index in [9.17, 15) is 13.2 Å². The molecule has 2 heterocycles. The first-order chi connectivity index (χ1) is 11.6. The maximum Gasteiger partial charge on any atom is 0.220 e. The average molecular weight is 368 g/mol. The molecule has 0 aromatic carbocycles. The second-order valence-corrected chi connectivity index (χ2v) is 10.2. The number of nitrogens with one attached hydrogen (secondary N) is 1. The van der Waals surface area contributed by atoms with E-state index >= 15 is 0 Å². The Bertz CT molecular complexity index is 693. The lowest BCUT2D eigenvalue weighted by Gasteiger charge is -2.34. The Labute approximate surface area is 150 Å². The number of pyridine rings is 1. The minimum atomic E-state index is -3.44. The summed E-state index contributed by atoms with van der Waals surface area (Å²) in [4.78, 5) is 18.1. The summed E-state index contributed by atoms with van der Waals surface area (Å²) in [5.74, 6) is 0.0964. The van der Waals surface area contributed by atoms with E-state index in [0.717, 1.165) is 38.0 Å². The van der Waals surface area contributed by atoms with E-state index in [1.165, 1.54) is 0 Å². The van der Waals surface area contributed by atoms with Gasteiger partial charge in [0.2, 0.25) is 5.91 Å². The number of aromatic nitrogens is 1. The summed E-state index contributed by atoms with van der Waals surface area (Å²) in [5, 5.41) is 3.18. The van der Waals surface area contributed by atoms with Crippen LogP contribution < -0.4 is 10.2 Å². The molecule has 1 atom stereocenters. The molecule has 1 fully saturated rings. The zero-order valence-electron chi connectivity index (χ0n) is 15.6. The molecule has 7 heteroatoms. The molecular weight excluding hydrogens is 338 g/mol. The topological polar surface area (TPSA) is 79.4 Å². The fraction of sp³-hybridized carbons (Fsp3) is 0.667. The molecule has 1 saturated heterocycles. The van der Waals surface area contributed by atoms with Gasteiger partial charge in [-0.05, 0) is 52.2 Å². The smallest absolute Gasteiger partial charge is 0.220 e. The van der Waals surface area contributed by atoms with Crippen molar-refractivity contribution in [2.75, 3.05) is 18.0 Å². The second-order valence-electron chi connectivity index (χ2n) is 7.57. The standard InChI is InChI=1S/C18H29N3O3S/c1-5-7-16(22)20-14-8-6-11-21(13-14)15-9-10-17(19-12-15)25(23,24)18(2,3)4/h9-10,12,14H,5-8,11,13H2,1-4H3,(H,20,22). The predicted octanol–water partition coefficient (Wildman–Crippen LogP) is 2.54. The van der Waals surface area contributed by atoms with Crippen LogP contribution >= 0.6 is 0 Å². The number of hydrogen-bond donors (Lipinski definition) is 1. The molecule has 0 radical (unpaired) electrons. The lowest BCUT2D eigenvalue weighted by molar-refractivity contribution is -0.121. The molecule has 2 rings (SSSR count). The predicted molar refractivity (Wildman–Crippen MR) is 99.5 cm³/mol. The van der Waals surface area contributed by atoms with E-state index in [1.54, 1.807) is 33.0 Å². The molecule has 0 spiro atoms. The monoisotopic (exact) mass is 367 g/mol. The zero-order valence-corrected chi connectivity index (χ0v) is 16.4. The molecule has 1 aromatic rings. The molecule has 0 aliphatic carbocycles. The third kappa shape index (κ3) is 4.71. The lowest BCUT2D eigenvalue weighted by Crippen LogP contribution is -2.47. The van der Waals surface area contributed by atoms with Crippen LogP contribution in [0.25, 0.3) is 0 Å². The van der Waals surface area contributed by atoms with Crippen LogP contribution in [0.4, 0.5) is 5.69 Å². The van der Waals surface area contributed by atoms with Gasteiger partial charge in [-0.3, -0.25) is 4.79 Å². The summed E-state index contributed by atoms with van der Waals surface area (Å²) >= 11 is 0. The quantitative estimate of drug-likeness (QED) is 0.865. The Kier molecular flexibility index (Phi) is 6.08. The fourth-order valence-corrected chi connectivity index (χ4v) is 3.95. The summed E-state index contributed by atoms with van der Waals surface area (Å²) in [6.07, 6.45) is 4.97. The number of piperidine rings is 1. The van der Waals surface area contributed by atoms with Gasteiger partial charge >= 0.3 is 0 Å². The van der Waals surface area contributed by atoms with E-state index < -0.39 is 14.6 Å². The lowest BCUT2D eigenvalue weighted by atomic mass is 10.0. The molecule has 140 valence electrons. The number of carbonyl (C=O) groups excluding carboxylic acids is 1. The van der Waals surface area contributed by atoms with Gasteiger partial charge in [0.25, 0.3) is 0 Å². The van der Waals surface area contributed by atoms with Gasteiger partial charge in [-0.2, -0.15) is 0 Å². The molecule has 1 aliphatic rings. The van der Waals surface area contributed by atoms with Crippen LogP contribution in [-0.2, 0) is 14.6 Å². The van der Waals surface area contributed by atoms with Crippen molar-refractivity contribution < 1.29 is 13.2 Å². The van der Waals surface area contributed by atoms with E-state index in [2.05, 4.69) is 15.2 Å². The normalized spacial score (nSPS) is 18.9. The highest BCUT2D eigenvalue weighted by molar-refractivity contribution is 7.92. The minimum Gasteiger partial charge on any atom is -0.368 e. The number of amides is 1. The van der Waals surface area contributed by atoms with Crippen LogP contribution in [0.5, 0.6) is 0 Å². The van der Waals surface area contributed by atoms with Crippen molar-refractivity contribution in [2.24, 2.45) is 0 Å². The van der Waals surface area contributed by atoms with E-state index in [4.69, 9.17) is 0 Å². The van der Waals surface area contributed by atoms with E-state index in [1.807, 2.05) is 13.0 Å². The molecule has 0 bridgehead atoms. The van der Waals surface area contributed by atoms with Crippen molar-refractivity contribution in [1.29, 1.82) is 0 Å². The van der Waals surface area contributed by atoms with Crippen LogP contribution in [0.3, 0.4) is 0 Å². The van der Waals surface area contributed by atoms with Crippen LogP contribution in [0.2, 0.25) is 0 Å². The van der Waals surface area contributed by atoms with Crippen LogP contribution in [0, 0.1) is 0 Å². The van der Waals surface area contributed by atoms with Crippen molar-refractivity contribution in [3.63, 3.8) is 0 Å². The number of sulfone groups is 1. The van der Waals surface area contributed by atoms with Gasteiger partial charge in [0, 0.05) is 25.6 Å². The third-order valence-corrected chi connectivity index (χ3v) is 6.84. The molecule has 1 amide bonds. The van der Waals surface area contributed by atoms with Gasteiger partial charge in [0.15, 0.2) is 14.9 Å². The number of hydrogen-bond acceptors (Lipinski definition) is 5. The van der Waals surface area contributed by atoms with Crippen molar-refractivity contribution >= 4 is 21.4 Å². The van der Waals surface area contributed by atoms with Crippen molar-refractivity contribution in [1.82, 2.24) is 10.3 Å². The summed E-state index contributed by atoms with van der Waals surface area (Å²) in [5.41, 5.74) is 0.891. The first-order valence-electron chi connectivity index (χ1n) is 8.90. The molecule has 1 aromatic heterocycles. The summed E-state index contributed by atoms with van der Waals surface area (Å²) in [6, 6.07) is 3.52. The molecule has 1 aliphatic heterocycles. The summed E-state index contributed by atoms with van der Waals surface area (Å²) in [7, 11) is -3.44. The molecule has 1 unspecified atom stereocenters. The largest absolute Gasteiger partial charge is 0.368 e. The maximum atomic E-state index is 12.5. The highest BCUT2D eigenvalue weighted by Crippen LogP contribution is 2.25. The molecule has 25 heavy (non-hydrogen) atoms. The number of carbonyl (C=O) groups is 1. The van der Waals surface area contributed by atoms with E-state index in [-0.39, 0.29) is 17.0 Å². The number of rotatable bonds is 5. The van der Waals surface area contributed by atoms with Gasteiger partial charge in [-0.25, -0.2) is 13.4 Å². The van der Waals surface area contributed by atoms with Gasteiger partial charge in [0.1, 0.15) is 0 Å². The SMILES string of the molecule is CCCC(=O)NC1CCCN(c2ccc(S(=O)(=O)C(C)(C)C)nc2)C1. The van der Waals surface area contributed by atoms with Crippen molar-refractivity contribution in [2.45, 2.75) is 69.2 Å².